The van der Waals surface area contributed by atoms with Gasteiger partial charge in [0.2, 0.25) is 5.91 Å². The fraction of sp³-hybridized carbons (Fsp3) is 0.375. The highest BCUT2D eigenvalue weighted by molar-refractivity contribution is 8.03. The third kappa shape index (κ3) is 5.92. The first-order valence-corrected chi connectivity index (χ1v) is 10.4. The molecular formula is C16H19N3O2S3. The molecule has 2 aromatic rings. The highest BCUT2D eigenvalue weighted by Crippen LogP contribution is 2.29. The second-order valence-electron chi connectivity index (χ2n) is 4.97. The molecule has 8 heteroatoms. The van der Waals surface area contributed by atoms with Gasteiger partial charge in [-0.25, -0.2) is 0 Å². The molecule has 0 aliphatic rings. The number of anilines is 1. The molecule has 0 spiro atoms. The van der Waals surface area contributed by atoms with E-state index in [1.165, 1.54) is 30.0 Å². The van der Waals surface area contributed by atoms with Crippen molar-refractivity contribution in [2.75, 3.05) is 16.8 Å². The van der Waals surface area contributed by atoms with Gasteiger partial charge in [-0.2, -0.15) is 0 Å². The van der Waals surface area contributed by atoms with Crippen LogP contribution in [-0.2, 0) is 4.79 Å². The van der Waals surface area contributed by atoms with Crippen LogP contribution in [0.2, 0.25) is 0 Å². The third-order valence-electron chi connectivity index (χ3n) is 3.02. The van der Waals surface area contributed by atoms with Crippen LogP contribution in [0.25, 0.3) is 0 Å². The molecule has 1 heterocycles. The van der Waals surface area contributed by atoms with Crippen molar-refractivity contribution in [2.45, 2.75) is 35.4 Å². The molecule has 1 aromatic carbocycles. The molecule has 0 saturated carbocycles. The number of amides is 1. The number of hydrogen-bond donors (Lipinski definition) is 1. The van der Waals surface area contributed by atoms with E-state index in [1.807, 2.05) is 0 Å². The Balaban J connectivity index is 1.84. The van der Waals surface area contributed by atoms with Crippen molar-refractivity contribution in [2.24, 2.45) is 0 Å². The van der Waals surface area contributed by atoms with Crippen LogP contribution in [0.15, 0.2) is 32.9 Å². The van der Waals surface area contributed by atoms with Gasteiger partial charge in [0.05, 0.1) is 11.4 Å². The fourth-order valence-electron chi connectivity index (χ4n) is 1.83. The molecule has 0 aliphatic carbocycles. The van der Waals surface area contributed by atoms with Crippen LogP contribution < -0.4 is 5.32 Å². The lowest BCUT2D eigenvalue weighted by Gasteiger charge is -2.08. The van der Waals surface area contributed by atoms with Gasteiger partial charge in [-0.3, -0.25) is 9.59 Å². The molecule has 24 heavy (non-hydrogen) atoms. The number of benzene rings is 1. The van der Waals surface area contributed by atoms with Gasteiger partial charge in [0.25, 0.3) is 0 Å². The number of aromatic nitrogens is 2. The van der Waals surface area contributed by atoms with E-state index in [4.69, 9.17) is 0 Å². The van der Waals surface area contributed by atoms with Crippen LogP contribution in [-0.4, -0.2) is 33.4 Å². The Morgan fingerprint density at radius 3 is 2.58 bits per heavy atom. The minimum atomic E-state index is -0.163. The zero-order valence-corrected chi connectivity index (χ0v) is 16.0. The largest absolute Gasteiger partial charge is 0.325 e. The maximum absolute atomic E-state index is 12.1. The lowest BCUT2D eigenvalue weighted by Crippen LogP contribution is -2.16. The third-order valence-corrected chi connectivity index (χ3v) is 6.29. The van der Waals surface area contributed by atoms with Crippen molar-refractivity contribution in [1.29, 1.82) is 0 Å². The summed E-state index contributed by atoms with van der Waals surface area (Å²) in [7, 11) is 0. The fourth-order valence-corrected chi connectivity index (χ4v) is 4.80. The molecule has 1 N–H and O–H groups in total. The quantitative estimate of drug-likeness (QED) is 0.395. The van der Waals surface area contributed by atoms with Gasteiger partial charge < -0.3 is 5.32 Å². The van der Waals surface area contributed by atoms with Crippen molar-refractivity contribution in [3.8, 4) is 0 Å². The van der Waals surface area contributed by atoms with Gasteiger partial charge >= 0.3 is 0 Å². The SMILES string of the molecule is CCCCSc1nnc(SCC(=O)Nc2ccccc2C(C)=O)s1. The molecular weight excluding hydrogens is 362 g/mol. The zero-order valence-electron chi connectivity index (χ0n) is 13.6. The minimum Gasteiger partial charge on any atom is -0.325 e. The smallest absolute Gasteiger partial charge is 0.234 e. The number of nitrogens with zero attached hydrogens (tertiary/aromatic N) is 2. The highest BCUT2D eigenvalue weighted by Gasteiger charge is 2.12. The first kappa shape index (κ1) is 19.0. The van der Waals surface area contributed by atoms with E-state index in [0.29, 0.717) is 11.3 Å². The summed E-state index contributed by atoms with van der Waals surface area (Å²) in [5.74, 6) is 1.04. The summed E-state index contributed by atoms with van der Waals surface area (Å²) in [5.41, 5.74) is 1.06. The lowest BCUT2D eigenvalue weighted by molar-refractivity contribution is -0.113. The number of carbonyl (C=O) groups excluding carboxylic acids is 2. The molecule has 0 bridgehead atoms. The maximum Gasteiger partial charge on any atom is 0.234 e. The van der Waals surface area contributed by atoms with Crippen molar-refractivity contribution in [3.63, 3.8) is 0 Å². The standard InChI is InChI=1S/C16H19N3O2S3/c1-3-4-9-22-15-18-19-16(24-15)23-10-14(21)17-13-8-6-5-7-12(13)11(2)20/h5-8H,3-4,9-10H2,1-2H3,(H,17,21). The summed E-state index contributed by atoms with van der Waals surface area (Å²) in [6.07, 6.45) is 2.32. The van der Waals surface area contributed by atoms with Crippen LogP contribution in [0.4, 0.5) is 5.69 Å². The monoisotopic (exact) mass is 381 g/mol. The second-order valence-corrected chi connectivity index (χ2v) is 8.52. The Hall–Kier alpha value is -1.38. The Labute approximate surface area is 154 Å². The number of rotatable bonds is 9. The minimum absolute atomic E-state index is 0.0728. The first-order chi connectivity index (χ1) is 11.6. The van der Waals surface area contributed by atoms with E-state index >= 15 is 0 Å². The summed E-state index contributed by atoms with van der Waals surface area (Å²) in [4.78, 5) is 23.6. The van der Waals surface area contributed by atoms with E-state index in [0.717, 1.165) is 27.3 Å². The first-order valence-electron chi connectivity index (χ1n) is 7.59. The number of thioether (sulfide) groups is 2. The summed E-state index contributed by atoms with van der Waals surface area (Å²) >= 11 is 4.57. The van der Waals surface area contributed by atoms with E-state index in [2.05, 4.69) is 22.4 Å². The molecule has 0 unspecified atom stereocenters. The molecule has 0 radical (unpaired) electrons. The van der Waals surface area contributed by atoms with Crippen LogP contribution in [0, 0.1) is 0 Å². The van der Waals surface area contributed by atoms with E-state index in [-0.39, 0.29) is 17.4 Å². The number of ketones is 1. The molecule has 1 aromatic heterocycles. The molecule has 1 amide bonds. The number of hydrogen-bond acceptors (Lipinski definition) is 7. The summed E-state index contributed by atoms with van der Waals surface area (Å²) in [5, 5.41) is 11.0. The summed E-state index contributed by atoms with van der Waals surface area (Å²) in [6, 6.07) is 7.00. The zero-order chi connectivity index (χ0) is 17.4. The number of carbonyl (C=O) groups is 2. The summed E-state index contributed by atoms with van der Waals surface area (Å²) < 4.78 is 1.72. The van der Waals surface area contributed by atoms with Crippen molar-refractivity contribution >= 4 is 52.2 Å². The van der Waals surface area contributed by atoms with E-state index < -0.39 is 0 Å². The van der Waals surface area contributed by atoms with Crippen LogP contribution in [0.3, 0.4) is 0 Å². The van der Waals surface area contributed by atoms with Gasteiger partial charge in [0.15, 0.2) is 14.5 Å². The average Bonchev–Trinajstić information content (AvgIpc) is 3.01. The molecule has 0 fully saturated rings. The number of unbranched alkanes of at least 4 members (excludes halogenated alkanes) is 1. The Bertz CT molecular complexity index is 703. The number of para-hydroxylation sites is 1. The van der Waals surface area contributed by atoms with Crippen LogP contribution >= 0.6 is 34.9 Å². The molecule has 0 aliphatic heterocycles. The van der Waals surface area contributed by atoms with E-state index in [9.17, 15) is 9.59 Å². The molecule has 128 valence electrons. The molecule has 0 saturated heterocycles. The maximum atomic E-state index is 12.1. The van der Waals surface area contributed by atoms with Gasteiger partial charge in [-0.15, -0.1) is 10.2 Å². The molecule has 2 rings (SSSR count). The highest BCUT2D eigenvalue weighted by atomic mass is 32.2. The van der Waals surface area contributed by atoms with Crippen molar-refractivity contribution in [1.82, 2.24) is 10.2 Å². The lowest BCUT2D eigenvalue weighted by atomic mass is 10.1. The number of Topliss-reactive ketones (excluding diaryl/α,β-unsaturated/α-hetero) is 1. The predicted molar refractivity (Wildman–Crippen MR) is 101 cm³/mol. The average molecular weight is 382 g/mol. The second kappa shape index (κ2) is 9.80. The van der Waals surface area contributed by atoms with Crippen molar-refractivity contribution < 1.29 is 9.59 Å². The Morgan fingerprint density at radius 1 is 1.17 bits per heavy atom. The van der Waals surface area contributed by atoms with Gasteiger partial charge in [0, 0.05) is 11.3 Å². The van der Waals surface area contributed by atoms with Gasteiger partial charge in [0.1, 0.15) is 0 Å². The topological polar surface area (TPSA) is 72.0 Å². The van der Waals surface area contributed by atoms with Crippen LogP contribution in [0.1, 0.15) is 37.0 Å². The van der Waals surface area contributed by atoms with Crippen LogP contribution in [0.5, 0.6) is 0 Å². The van der Waals surface area contributed by atoms with Crippen molar-refractivity contribution in [3.05, 3.63) is 29.8 Å². The Kier molecular flexibility index (Phi) is 7.74. The molecule has 5 nitrogen and oxygen atoms in total. The van der Waals surface area contributed by atoms with E-state index in [1.54, 1.807) is 36.0 Å². The Morgan fingerprint density at radius 2 is 1.88 bits per heavy atom. The predicted octanol–water partition coefficient (Wildman–Crippen LogP) is 4.36. The summed E-state index contributed by atoms with van der Waals surface area (Å²) in [6.45, 7) is 3.64. The van der Waals surface area contributed by atoms with Gasteiger partial charge in [-0.05, 0) is 25.5 Å². The number of nitrogens with one attached hydrogen (secondary N) is 1. The molecule has 0 atom stereocenters. The van der Waals surface area contributed by atoms with Gasteiger partial charge in [-0.1, -0.05) is 60.3 Å². The normalized spacial score (nSPS) is 10.6.